The van der Waals surface area contributed by atoms with Gasteiger partial charge in [-0.3, -0.25) is 0 Å². The lowest BCUT2D eigenvalue weighted by Crippen LogP contribution is -2.37. The van der Waals surface area contributed by atoms with Crippen LogP contribution in [-0.2, 0) is 16.6 Å². The Balaban J connectivity index is 1.95. The minimum Gasteiger partial charge on any atom is -0.313 e. The van der Waals surface area contributed by atoms with Crippen molar-refractivity contribution in [2.75, 3.05) is 6.54 Å². The van der Waals surface area contributed by atoms with Gasteiger partial charge in [-0.1, -0.05) is 26.7 Å². The summed E-state index contributed by atoms with van der Waals surface area (Å²) >= 11 is 1.31. The molecule has 2 unspecified atom stereocenters. The zero-order chi connectivity index (χ0) is 15.3. The standard InChI is InChI=1S/C15H26N2O2S2/c1-3-7-16-10-13-9-15(20-11-13)21(18,19)17-14-6-4-5-12(2)8-14/h9,11-12,14,16-17H,3-8,10H2,1-2H3. The molecule has 1 aliphatic carbocycles. The fraction of sp³-hybridized carbons (Fsp3) is 0.733. The van der Waals surface area contributed by atoms with Crippen molar-refractivity contribution in [1.29, 1.82) is 0 Å². The van der Waals surface area contributed by atoms with Crippen LogP contribution >= 0.6 is 11.3 Å². The first-order chi connectivity index (χ1) is 10.0. The van der Waals surface area contributed by atoms with Crippen LogP contribution in [0.25, 0.3) is 0 Å². The summed E-state index contributed by atoms with van der Waals surface area (Å²) in [5.41, 5.74) is 1.05. The molecule has 0 aromatic carbocycles. The first-order valence-corrected chi connectivity index (χ1v) is 10.2. The second-order valence-corrected chi connectivity index (χ2v) is 8.89. The SMILES string of the molecule is CCCNCc1csc(S(=O)(=O)NC2CCCC(C)C2)c1. The molecule has 2 N–H and O–H groups in total. The Kier molecular flexibility index (Phi) is 6.22. The van der Waals surface area contributed by atoms with E-state index in [1.807, 2.05) is 5.38 Å². The molecule has 6 heteroatoms. The summed E-state index contributed by atoms with van der Waals surface area (Å²) in [7, 11) is -3.35. The maximum absolute atomic E-state index is 12.4. The lowest BCUT2D eigenvalue weighted by molar-refractivity contribution is 0.327. The maximum atomic E-state index is 12.4. The fourth-order valence-electron chi connectivity index (χ4n) is 2.81. The third-order valence-corrected chi connectivity index (χ3v) is 6.92. The Morgan fingerprint density at radius 1 is 1.38 bits per heavy atom. The number of sulfonamides is 1. The lowest BCUT2D eigenvalue weighted by atomic mass is 9.88. The van der Waals surface area contributed by atoms with Gasteiger partial charge in [-0.05, 0) is 48.7 Å². The van der Waals surface area contributed by atoms with E-state index in [-0.39, 0.29) is 6.04 Å². The second kappa shape index (κ2) is 7.72. The summed E-state index contributed by atoms with van der Waals surface area (Å²) in [5, 5.41) is 5.23. The predicted molar refractivity (Wildman–Crippen MR) is 88.1 cm³/mol. The molecule has 1 saturated carbocycles. The molecule has 21 heavy (non-hydrogen) atoms. The highest BCUT2D eigenvalue weighted by atomic mass is 32.2. The monoisotopic (exact) mass is 330 g/mol. The highest BCUT2D eigenvalue weighted by Crippen LogP contribution is 2.26. The average molecular weight is 331 g/mol. The number of hydrogen-bond donors (Lipinski definition) is 2. The molecule has 1 aromatic rings. The van der Waals surface area contributed by atoms with E-state index in [2.05, 4.69) is 23.9 Å². The number of nitrogens with one attached hydrogen (secondary N) is 2. The molecule has 0 spiro atoms. The van der Waals surface area contributed by atoms with Crippen molar-refractivity contribution in [2.24, 2.45) is 5.92 Å². The maximum Gasteiger partial charge on any atom is 0.250 e. The van der Waals surface area contributed by atoms with Crippen molar-refractivity contribution in [3.8, 4) is 0 Å². The van der Waals surface area contributed by atoms with E-state index < -0.39 is 10.0 Å². The van der Waals surface area contributed by atoms with Gasteiger partial charge in [0.15, 0.2) is 0 Å². The molecule has 1 fully saturated rings. The molecule has 2 atom stereocenters. The van der Waals surface area contributed by atoms with Gasteiger partial charge in [-0.25, -0.2) is 13.1 Å². The van der Waals surface area contributed by atoms with Crippen LogP contribution in [0.5, 0.6) is 0 Å². The number of hydrogen-bond acceptors (Lipinski definition) is 4. The van der Waals surface area contributed by atoms with Crippen LogP contribution < -0.4 is 10.0 Å². The Bertz CT molecular complexity index is 540. The molecule has 0 aliphatic heterocycles. The van der Waals surface area contributed by atoms with Gasteiger partial charge in [0.2, 0.25) is 10.0 Å². The largest absolute Gasteiger partial charge is 0.313 e. The zero-order valence-corrected chi connectivity index (χ0v) is 14.5. The van der Waals surface area contributed by atoms with Crippen LogP contribution in [0.2, 0.25) is 0 Å². The summed E-state index contributed by atoms with van der Waals surface area (Å²) < 4.78 is 28.2. The topological polar surface area (TPSA) is 58.2 Å². The summed E-state index contributed by atoms with van der Waals surface area (Å²) in [6, 6.07) is 1.89. The molecule has 0 bridgehead atoms. The zero-order valence-electron chi connectivity index (χ0n) is 12.9. The van der Waals surface area contributed by atoms with Gasteiger partial charge in [0.25, 0.3) is 0 Å². The number of rotatable bonds is 7. The molecule has 120 valence electrons. The molecule has 4 nitrogen and oxygen atoms in total. The molecule has 1 aromatic heterocycles. The molecular weight excluding hydrogens is 304 g/mol. The van der Waals surface area contributed by atoms with Crippen molar-refractivity contribution in [3.05, 3.63) is 17.0 Å². The van der Waals surface area contributed by atoms with E-state index in [9.17, 15) is 8.42 Å². The van der Waals surface area contributed by atoms with Crippen LogP contribution in [0.15, 0.2) is 15.7 Å². The molecule has 2 rings (SSSR count). The Labute approximate surface area is 132 Å². The second-order valence-electron chi connectivity index (χ2n) is 6.04. The van der Waals surface area contributed by atoms with Crippen molar-refractivity contribution in [2.45, 2.75) is 62.7 Å². The van der Waals surface area contributed by atoms with Crippen LogP contribution in [0, 0.1) is 5.92 Å². The summed E-state index contributed by atoms with van der Waals surface area (Å²) in [6.45, 7) is 6.01. The van der Waals surface area contributed by atoms with E-state index in [4.69, 9.17) is 0 Å². The van der Waals surface area contributed by atoms with Crippen LogP contribution in [0.4, 0.5) is 0 Å². The average Bonchev–Trinajstić information content (AvgIpc) is 2.88. The van der Waals surface area contributed by atoms with Gasteiger partial charge in [0.1, 0.15) is 4.21 Å². The van der Waals surface area contributed by atoms with Crippen molar-refractivity contribution in [3.63, 3.8) is 0 Å². The molecule has 0 amide bonds. The Hall–Kier alpha value is -0.430. The molecule has 0 saturated heterocycles. The van der Waals surface area contributed by atoms with Crippen LogP contribution in [0.1, 0.15) is 51.5 Å². The van der Waals surface area contributed by atoms with Gasteiger partial charge < -0.3 is 5.32 Å². The highest BCUT2D eigenvalue weighted by molar-refractivity contribution is 7.91. The third kappa shape index (κ3) is 5.06. The minimum atomic E-state index is -3.35. The van der Waals surface area contributed by atoms with Crippen LogP contribution in [-0.4, -0.2) is 21.0 Å². The molecule has 0 radical (unpaired) electrons. The first kappa shape index (κ1) is 16.9. The van der Waals surface area contributed by atoms with Gasteiger partial charge in [0, 0.05) is 12.6 Å². The van der Waals surface area contributed by atoms with Gasteiger partial charge in [-0.2, -0.15) is 0 Å². The fourth-order valence-corrected chi connectivity index (χ4v) is 5.32. The molecule has 1 aliphatic rings. The minimum absolute atomic E-state index is 0.0996. The first-order valence-electron chi connectivity index (χ1n) is 7.81. The normalized spacial score (nSPS) is 23.3. The van der Waals surface area contributed by atoms with Crippen molar-refractivity contribution < 1.29 is 8.42 Å². The summed E-state index contributed by atoms with van der Waals surface area (Å²) in [5.74, 6) is 0.614. The Morgan fingerprint density at radius 3 is 2.90 bits per heavy atom. The van der Waals surface area contributed by atoms with Gasteiger partial charge in [0.05, 0.1) is 0 Å². The Morgan fingerprint density at radius 2 is 2.19 bits per heavy atom. The molecule has 1 heterocycles. The molecular formula is C15H26N2O2S2. The quantitative estimate of drug-likeness (QED) is 0.755. The smallest absolute Gasteiger partial charge is 0.250 e. The van der Waals surface area contributed by atoms with Crippen LogP contribution in [0.3, 0.4) is 0 Å². The van der Waals surface area contributed by atoms with E-state index >= 15 is 0 Å². The highest BCUT2D eigenvalue weighted by Gasteiger charge is 2.25. The summed E-state index contributed by atoms with van der Waals surface area (Å²) in [4.78, 5) is 0. The van der Waals surface area contributed by atoms with Gasteiger partial charge in [-0.15, -0.1) is 11.3 Å². The van der Waals surface area contributed by atoms with Crippen molar-refractivity contribution >= 4 is 21.4 Å². The van der Waals surface area contributed by atoms with Gasteiger partial charge >= 0.3 is 0 Å². The number of thiophene rings is 1. The van der Waals surface area contributed by atoms with E-state index in [1.54, 1.807) is 6.07 Å². The van der Waals surface area contributed by atoms with E-state index in [0.717, 1.165) is 44.3 Å². The summed E-state index contributed by atoms with van der Waals surface area (Å²) in [6.07, 6.45) is 5.32. The van der Waals surface area contributed by atoms with Crippen molar-refractivity contribution in [1.82, 2.24) is 10.0 Å². The van der Waals surface area contributed by atoms with E-state index in [1.165, 1.54) is 17.8 Å². The predicted octanol–water partition coefficient (Wildman–Crippen LogP) is 3.10. The third-order valence-electron chi connectivity index (χ3n) is 3.91. The lowest BCUT2D eigenvalue weighted by Gasteiger charge is -2.26. The van der Waals surface area contributed by atoms with E-state index in [0.29, 0.717) is 10.1 Å².